The molecule has 1 aromatic heterocycles. The van der Waals surface area contributed by atoms with E-state index in [4.69, 9.17) is 23.2 Å². The Morgan fingerprint density at radius 3 is 2.54 bits per heavy atom. The molecule has 0 spiro atoms. The van der Waals surface area contributed by atoms with E-state index in [2.05, 4.69) is 20.6 Å². The Labute approximate surface area is 161 Å². The number of nitrogens with zero attached hydrogens (tertiary/aromatic N) is 2. The summed E-state index contributed by atoms with van der Waals surface area (Å²) in [5.41, 5.74) is 3.51. The highest BCUT2D eigenvalue weighted by molar-refractivity contribution is 6.31. The predicted molar refractivity (Wildman–Crippen MR) is 106 cm³/mol. The highest BCUT2D eigenvalue weighted by atomic mass is 35.5. The number of rotatable bonds is 4. The third kappa shape index (κ3) is 4.31. The van der Waals surface area contributed by atoms with Gasteiger partial charge in [-0.3, -0.25) is 4.79 Å². The lowest BCUT2D eigenvalue weighted by atomic mass is 10.2. The maximum Gasteiger partial charge on any atom is 0.274 e. The zero-order valence-corrected chi connectivity index (χ0v) is 15.7. The van der Waals surface area contributed by atoms with Gasteiger partial charge < -0.3 is 10.6 Å². The lowest BCUT2D eigenvalue weighted by Crippen LogP contribution is -2.15. The van der Waals surface area contributed by atoms with Crippen LogP contribution in [0.4, 0.5) is 17.3 Å². The van der Waals surface area contributed by atoms with Crippen LogP contribution in [0.1, 0.15) is 21.6 Å². The van der Waals surface area contributed by atoms with E-state index in [9.17, 15) is 4.79 Å². The third-order valence-electron chi connectivity index (χ3n) is 3.75. The average molecular weight is 387 g/mol. The van der Waals surface area contributed by atoms with Crippen molar-refractivity contribution in [3.05, 3.63) is 75.5 Å². The molecule has 0 atom stereocenters. The van der Waals surface area contributed by atoms with Gasteiger partial charge in [0.2, 0.25) is 5.95 Å². The van der Waals surface area contributed by atoms with Gasteiger partial charge >= 0.3 is 0 Å². The molecule has 5 nitrogen and oxygen atoms in total. The number of hydrogen-bond acceptors (Lipinski definition) is 4. The van der Waals surface area contributed by atoms with Crippen molar-refractivity contribution in [3.8, 4) is 0 Å². The molecular weight excluding hydrogens is 371 g/mol. The molecule has 3 rings (SSSR count). The molecule has 0 aliphatic carbocycles. The lowest BCUT2D eigenvalue weighted by Gasteiger charge is -2.10. The summed E-state index contributed by atoms with van der Waals surface area (Å²) in [4.78, 5) is 20.9. The molecule has 0 radical (unpaired) electrons. The van der Waals surface area contributed by atoms with E-state index < -0.39 is 0 Å². The molecule has 0 fully saturated rings. The van der Waals surface area contributed by atoms with Gasteiger partial charge in [-0.05, 0) is 61.4 Å². The fraction of sp³-hybridized carbons (Fsp3) is 0.105. The van der Waals surface area contributed by atoms with E-state index in [0.717, 1.165) is 16.8 Å². The summed E-state index contributed by atoms with van der Waals surface area (Å²) in [6, 6.07) is 12.4. The van der Waals surface area contributed by atoms with Crippen LogP contribution in [0.3, 0.4) is 0 Å². The molecule has 0 aliphatic rings. The van der Waals surface area contributed by atoms with Gasteiger partial charge in [-0.15, -0.1) is 0 Å². The molecular formula is C19H16Cl2N4O. The minimum absolute atomic E-state index is 0.245. The Balaban J connectivity index is 1.77. The fourth-order valence-corrected chi connectivity index (χ4v) is 2.71. The first kappa shape index (κ1) is 18.2. The van der Waals surface area contributed by atoms with Crippen LogP contribution >= 0.6 is 23.2 Å². The van der Waals surface area contributed by atoms with Crippen molar-refractivity contribution in [1.82, 2.24) is 9.97 Å². The molecule has 2 N–H and O–H groups in total. The first-order chi connectivity index (χ1) is 12.4. The highest BCUT2D eigenvalue weighted by Crippen LogP contribution is 2.22. The number of amides is 1. The van der Waals surface area contributed by atoms with Gasteiger partial charge in [-0.2, -0.15) is 0 Å². The largest absolute Gasteiger partial charge is 0.324 e. The zero-order chi connectivity index (χ0) is 18.7. The predicted octanol–water partition coefficient (Wildman–Crippen LogP) is 5.40. The summed E-state index contributed by atoms with van der Waals surface area (Å²) < 4.78 is 0. The van der Waals surface area contributed by atoms with Crippen molar-refractivity contribution in [2.75, 3.05) is 10.6 Å². The Kier molecular flexibility index (Phi) is 5.40. The second-order valence-corrected chi connectivity index (χ2v) is 6.61. The van der Waals surface area contributed by atoms with Crippen LogP contribution in [-0.2, 0) is 0 Å². The first-order valence-corrected chi connectivity index (χ1v) is 8.62. The summed E-state index contributed by atoms with van der Waals surface area (Å²) in [5, 5.41) is 7.13. The van der Waals surface area contributed by atoms with Crippen LogP contribution in [0.25, 0.3) is 0 Å². The molecule has 0 saturated carbocycles. The Bertz CT molecular complexity index is 976. The molecule has 0 aliphatic heterocycles. The number of aromatic nitrogens is 2. The van der Waals surface area contributed by atoms with Crippen LogP contribution in [0, 0.1) is 13.8 Å². The maximum absolute atomic E-state index is 12.5. The first-order valence-electron chi connectivity index (χ1n) is 7.86. The number of benzene rings is 2. The van der Waals surface area contributed by atoms with Crippen molar-refractivity contribution < 1.29 is 4.79 Å². The fourth-order valence-electron chi connectivity index (χ4n) is 2.30. The van der Waals surface area contributed by atoms with Crippen molar-refractivity contribution in [2.45, 2.75) is 13.8 Å². The molecule has 7 heteroatoms. The summed E-state index contributed by atoms with van der Waals surface area (Å²) in [6.45, 7) is 3.79. The van der Waals surface area contributed by atoms with Gasteiger partial charge in [-0.1, -0.05) is 29.3 Å². The lowest BCUT2D eigenvalue weighted by molar-refractivity contribution is 0.102. The molecule has 26 heavy (non-hydrogen) atoms. The molecule has 3 aromatic rings. The molecule has 1 amide bonds. The monoisotopic (exact) mass is 386 g/mol. The third-order valence-corrected chi connectivity index (χ3v) is 4.40. The Hall–Kier alpha value is -2.63. The van der Waals surface area contributed by atoms with Crippen LogP contribution in [0.5, 0.6) is 0 Å². The molecule has 0 bridgehead atoms. The van der Waals surface area contributed by atoms with E-state index in [0.29, 0.717) is 21.7 Å². The summed E-state index contributed by atoms with van der Waals surface area (Å²) in [7, 11) is 0. The van der Waals surface area contributed by atoms with Crippen LogP contribution < -0.4 is 10.6 Å². The standard InChI is InChI=1S/C19H16Cl2N4O/c1-11-3-5-14(10-15(11)21)23-19-22-8-7-17(25-19)18(26)24-16-6-4-13(20)9-12(16)2/h3-10H,1-2H3,(H,24,26)(H,22,23,25). The van der Waals surface area contributed by atoms with Crippen LogP contribution in [-0.4, -0.2) is 15.9 Å². The van der Waals surface area contributed by atoms with Crippen LogP contribution in [0.2, 0.25) is 10.0 Å². The van der Waals surface area contributed by atoms with Gasteiger partial charge in [0.15, 0.2) is 0 Å². The summed E-state index contributed by atoms with van der Waals surface area (Å²) >= 11 is 12.1. The second-order valence-electron chi connectivity index (χ2n) is 5.77. The molecule has 132 valence electrons. The Morgan fingerprint density at radius 1 is 1.00 bits per heavy atom. The van der Waals surface area contributed by atoms with Gasteiger partial charge in [0.05, 0.1) is 0 Å². The maximum atomic E-state index is 12.5. The van der Waals surface area contributed by atoms with E-state index in [1.807, 2.05) is 26.0 Å². The summed E-state index contributed by atoms with van der Waals surface area (Å²) in [6.07, 6.45) is 1.52. The van der Waals surface area contributed by atoms with E-state index >= 15 is 0 Å². The number of carbonyl (C=O) groups excluding carboxylic acids is 1. The normalized spacial score (nSPS) is 10.5. The van der Waals surface area contributed by atoms with Crippen molar-refractivity contribution in [3.63, 3.8) is 0 Å². The van der Waals surface area contributed by atoms with Gasteiger partial charge in [0, 0.05) is 27.6 Å². The van der Waals surface area contributed by atoms with Gasteiger partial charge in [0.25, 0.3) is 5.91 Å². The summed E-state index contributed by atoms with van der Waals surface area (Å²) in [5.74, 6) is -0.0202. The number of nitrogens with one attached hydrogen (secondary N) is 2. The van der Waals surface area contributed by atoms with Crippen molar-refractivity contribution >= 4 is 46.4 Å². The van der Waals surface area contributed by atoms with E-state index in [1.165, 1.54) is 6.20 Å². The van der Waals surface area contributed by atoms with Gasteiger partial charge in [-0.25, -0.2) is 9.97 Å². The zero-order valence-electron chi connectivity index (χ0n) is 14.2. The Morgan fingerprint density at radius 2 is 1.81 bits per heavy atom. The van der Waals surface area contributed by atoms with E-state index in [-0.39, 0.29) is 11.6 Å². The number of hydrogen-bond donors (Lipinski definition) is 2. The molecule has 2 aromatic carbocycles. The smallest absolute Gasteiger partial charge is 0.274 e. The van der Waals surface area contributed by atoms with Crippen LogP contribution in [0.15, 0.2) is 48.7 Å². The molecule has 1 heterocycles. The van der Waals surface area contributed by atoms with Gasteiger partial charge in [0.1, 0.15) is 5.69 Å². The molecule has 0 unspecified atom stereocenters. The number of aryl methyl sites for hydroxylation is 2. The SMILES string of the molecule is Cc1ccc(Nc2nccc(C(=O)Nc3ccc(Cl)cc3C)n2)cc1Cl. The molecule has 0 saturated heterocycles. The van der Waals surface area contributed by atoms with E-state index in [1.54, 1.807) is 30.3 Å². The van der Waals surface area contributed by atoms with Crippen molar-refractivity contribution in [2.24, 2.45) is 0 Å². The minimum Gasteiger partial charge on any atom is -0.324 e. The average Bonchev–Trinajstić information content (AvgIpc) is 2.61. The number of anilines is 3. The second kappa shape index (κ2) is 7.72. The number of halogens is 2. The quantitative estimate of drug-likeness (QED) is 0.629. The highest BCUT2D eigenvalue weighted by Gasteiger charge is 2.11. The topological polar surface area (TPSA) is 66.9 Å². The van der Waals surface area contributed by atoms with Crippen molar-refractivity contribution in [1.29, 1.82) is 0 Å². The number of carbonyl (C=O) groups is 1. The minimum atomic E-state index is -0.331.